The van der Waals surface area contributed by atoms with E-state index in [1.807, 2.05) is 38.7 Å². The highest BCUT2D eigenvalue weighted by Gasteiger charge is 2.25. The quantitative estimate of drug-likeness (QED) is 0.933. The SMILES string of the molecule is Cc1cc(C(=O)NC2CCN(C(=O)C(C)C)CC2)c(C)s1. The Morgan fingerprint density at radius 3 is 2.38 bits per heavy atom. The number of thiophene rings is 1. The number of piperidine rings is 1. The van der Waals surface area contributed by atoms with Crippen LogP contribution >= 0.6 is 11.3 Å². The predicted octanol–water partition coefficient (Wildman–Crippen LogP) is 2.74. The molecule has 0 radical (unpaired) electrons. The maximum Gasteiger partial charge on any atom is 0.252 e. The van der Waals surface area contributed by atoms with Crippen LogP contribution in [-0.2, 0) is 4.79 Å². The largest absolute Gasteiger partial charge is 0.349 e. The fourth-order valence-corrected chi connectivity index (χ4v) is 3.65. The zero-order valence-corrected chi connectivity index (χ0v) is 14.0. The van der Waals surface area contributed by atoms with Gasteiger partial charge in [0.15, 0.2) is 0 Å². The van der Waals surface area contributed by atoms with Crippen molar-refractivity contribution >= 4 is 23.2 Å². The first kappa shape index (κ1) is 16.0. The Bertz CT molecular complexity index is 528. The Labute approximate surface area is 130 Å². The molecule has 1 saturated heterocycles. The Balaban J connectivity index is 1.88. The minimum absolute atomic E-state index is 0.0190. The van der Waals surface area contributed by atoms with E-state index in [0.717, 1.165) is 41.2 Å². The normalized spacial score (nSPS) is 16.3. The van der Waals surface area contributed by atoms with Crippen molar-refractivity contribution in [2.45, 2.75) is 46.6 Å². The maximum absolute atomic E-state index is 12.3. The Kier molecular flexibility index (Phi) is 5.04. The Morgan fingerprint density at radius 2 is 1.90 bits per heavy atom. The van der Waals surface area contributed by atoms with Crippen molar-refractivity contribution < 1.29 is 9.59 Å². The van der Waals surface area contributed by atoms with E-state index in [0.29, 0.717) is 0 Å². The van der Waals surface area contributed by atoms with Gasteiger partial charge in [-0.25, -0.2) is 0 Å². The van der Waals surface area contributed by atoms with Gasteiger partial charge in [-0.2, -0.15) is 0 Å². The van der Waals surface area contributed by atoms with Gasteiger partial charge in [-0.3, -0.25) is 9.59 Å². The van der Waals surface area contributed by atoms with Gasteiger partial charge in [0.2, 0.25) is 5.91 Å². The molecule has 0 atom stereocenters. The van der Waals surface area contributed by atoms with Crippen molar-refractivity contribution in [2.24, 2.45) is 5.92 Å². The third-order valence-corrected chi connectivity index (χ3v) is 4.89. The molecule has 21 heavy (non-hydrogen) atoms. The molecule has 1 aliphatic heterocycles. The lowest BCUT2D eigenvalue weighted by atomic mass is 10.0. The zero-order chi connectivity index (χ0) is 15.6. The highest BCUT2D eigenvalue weighted by atomic mass is 32.1. The first-order valence-electron chi connectivity index (χ1n) is 7.55. The van der Waals surface area contributed by atoms with Crippen LogP contribution in [0.15, 0.2) is 6.07 Å². The molecule has 2 rings (SSSR count). The molecule has 0 spiro atoms. The van der Waals surface area contributed by atoms with Crippen LogP contribution in [-0.4, -0.2) is 35.8 Å². The van der Waals surface area contributed by atoms with Crippen molar-refractivity contribution in [3.8, 4) is 0 Å². The van der Waals surface area contributed by atoms with Crippen LogP contribution < -0.4 is 5.32 Å². The molecule has 1 aromatic rings. The van der Waals surface area contributed by atoms with Gasteiger partial charge in [-0.05, 0) is 32.8 Å². The summed E-state index contributed by atoms with van der Waals surface area (Å²) in [6.45, 7) is 9.34. The predicted molar refractivity (Wildman–Crippen MR) is 85.7 cm³/mol. The van der Waals surface area contributed by atoms with Gasteiger partial charge in [0.1, 0.15) is 0 Å². The van der Waals surface area contributed by atoms with Crippen molar-refractivity contribution in [3.63, 3.8) is 0 Å². The number of hydrogen-bond acceptors (Lipinski definition) is 3. The van der Waals surface area contributed by atoms with Crippen molar-refractivity contribution in [1.82, 2.24) is 10.2 Å². The topological polar surface area (TPSA) is 49.4 Å². The van der Waals surface area contributed by atoms with E-state index < -0.39 is 0 Å². The van der Waals surface area contributed by atoms with Gasteiger partial charge in [-0.15, -0.1) is 11.3 Å². The number of carbonyl (C=O) groups excluding carboxylic acids is 2. The summed E-state index contributed by atoms with van der Waals surface area (Å²) in [4.78, 5) is 28.4. The summed E-state index contributed by atoms with van der Waals surface area (Å²) < 4.78 is 0. The molecule has 0 bridgehead atoms. The summed E-state index contributed by atoms with van der Waals surface area (Å²) in [5.41, 5.74) is 0.790. The van der Waals surface area contributed by atoms with Crippen LogP contribution in [0, 0.1) is 19.8 Å². The van der Waals surface area contributed by atoms with Crippen LogP contribution in [0.4, 0.5) is 0 Å². The van der Waals surface area contributed by atoms with Crippen molar-refractivity contribution in [1.29, 1.82) is 0 Å². The van der Waals surface area contributed by atoms with Gasteiger partial charge >= 0.3 is 0 Å². The average Bonchev–Trinajstić information content (AvgIpc) is 2.77. The number of hydrogen-bond donors (Lipinski definition) is 1. The molecule has 1 aromatic heterocycles. The van der Waals surface area contributed by atoms with Gasteiger partial charge in [0.25, 0.3) is 5.91 Å². The molecular weight excluding hydrogens is 284 g/mol. The summed E-state index contributed by atoms with van der Waals surface area (Å²) in [5.74, 6) is 0.280. The smallest absolute Gasteiger partial charge is 0.252 e. The highest BCUT2D eigenvalue weighted by Crippen LogP contribution is 2.21. The summed E-state index contributed by atoms with van der Waals surface area (Å²) in [6.07, 6.45) is 1.68. The van der Waals surface area contributed by atoms with E-state index >= 15 is 0 Å². The molecule has 1 aliphatic rings. The fourth-order valence-electron chi connectivity index (χ4n) is 2.73. The fraction of sp³-hybridized carbons (Fsp3) is 0.625. The molecule has 0 aliphatic carbocycles. The molecule has 5 heteroatoms. The Hall–Kier alpha value is -1.36. The third-order valence-electron chi connectivity index (χ3n) is 3.92. The van der Waals surface area contributed by atoms with E-state index in [-0.39, 0.29) is 23.8 Å². The summed E-state index contributed by atoms with van der Waals surface area (Å²) in [5, 5.41) is 3.11. The third kappa shape index (κ3) is 3.84. The second kappa shape index (κ2) is 6.60. The van der Waals surface area contributed by atoms with Gasteiger partial charge in [0.05, 0.1) is 5.56 Å². The summed E-state index contributed by atoms with van der Waals surface area (Å²) in [7, 11) is 0. The van der Waals surface area contributed by atoms with E-state index in [9.17, 15) is 9.59 Å². The number of nitrogens with one attached hydrogen (secondary N) is 1. The molecular formula is C16H24N2O2S. The Morgan fingerprint density at radius 1 is 1.29 bits per heavy atom. The van der Waals surface area contributed by atoms with Crippen LogP contribution in [0.5, 0.6) is 0 Å². The monoisotopic (exact) mass is 308 g/mol. The molecule has 1 fully saturated rings. The number of carbonyl (C=O) groups is 2. The van der Waals surface area contributed by atoms with Crippen LogP contribution in [0.1, 0.15) is 46.8 Å². The van der Waals surface area contributed by atoms with Crippen LogP contribution in [0.2, 0.25) is 0 Å². The molecule has 2 heterocycles. The second-order valence-electron chi connectivity index (χ2n) is 6.05. The van der Waals surface area contributed by atoms with Crippen molar-refractivity contribution in [2.75, 3.05) is 13.1 Å². The molecule has 1 N–H and O–H groups in total. The minimum atomic E-state index is 0.0190. The molecule has 0 unspecified atom stereocenters. The first-order chi connectivity index (χ1) is 9.88. The second-order valence-corrected chi connectivity index (χ2v) is 7.52. The standard InChI is InChI=1S/C16H24N2O2S/c1-10(2)16(20)18-7-5-13(6-8-18)17-15(19)14-9-11(3)21-12(14)4/h9-10,13H,5-8H2,1-4H3,(H,17,19). The van der Waals surface area contributed by atoms with Crippen LogP contribution in [0.3, 0.4) is 0 Å². The maximum atomic E-state index is 12.3. The van der Waals surface area contributed by atoms with Gasteiger partial charge in [0, 0.05) is 34.8 Å². The average molecular weight is 308 g/mol. The molecule has 0 aromatic carbocycles. The van der Waals surface area contributed by atoms with Crippen LogP contribution in [0.25, 0.3) is 0 Å². The van der Waals surface area contributed by atoms with E-state index in [1.165, 1.54) is 0 Å². The lowest BCUT2D eigenvalue weighted by Gasteiger charge is -2.33. The number of rotatable bonds is 3. The molecule has 0 saturated carbocycles. The zero-order valence-electron chi connectivity index (χ0n) is 13.2. The van der Waals surface area contributed by atoms with Gasteiger partial charge < -0.3 is 10.2 Å². The van der Waals surface area contributed by atoms with E-state index in [2.05, 4.69) is 5.32 Å². The molecule has 116 valence electrons. The highest BCUT2D eigenvalue weighted by molar-refractivity contribution is 7.12. The van der Waals surface area contributed by atoms with Crippen molar-refractivity contribution in [3.05, 3.63) is 21.4 Å². The summed E-state index contributed by atoms with van der Waals surface area (Å²) in [6, 6.07) is 2.13. The number of amides is 2. The van der Waals surface area contributed by atoms with E-state index in [4.69, 9.17) is 0 Å². The number of nitrogens with zero attached hydrogens (tertiary/aromatic N) is 1. The lowest BCUT2D eigenvalue weighted by Crippen LogP contribution is -2.47. The minimum Gasteiger partial charge on any atom is -0.349 e. The molecule has 4 nitrogen and oxygen atoms in total. The van der Waals surface area contributed by atoms with Gasteiger partial charge in [-0.1, -0.05) is 13.8 Å². The molecule has 2 amide bonds. The lowest BCUT2D eigenvalue weighted by molar-refractivity contribution is -0.135. The first-order valence-corrected chi connectivity index (χ1v) is 8.36. The summed E-state index contributed by atoms with van der Waals surface area (Å²) >= 11 is 1.65. The van der Waals surface area contributed by atoms with E-state index in [1.54, 1.807) is 11.3 Å². The number of aryl methyl sites for hydroxylation is 2. The number of likely N-dealkylation sites (tertiary alicyclic amines) is 1.